The first-order chi connectivity index (χ1) is 16.8. The third kappa shape index (κ3) is 5.61. The molecule has 5 amide bonds. The number of hydrogen-bond acceptors (Lipinski definition) is 6. The van der Waals surface area contributed by atoms with Crippen LogP contribution in [0.2, 0.25) is 0 Å². The molecule has 0 aromatic heterocycles. The molecule has 1 aliphatic rings. The van der Waals surface area contributed by atoms with E-state index in [1.807, 2.05) is 5.32 Å². The van der Waals surface area contributed by atoms with Gasteiger partial charge in [0.25, 0.3) is 5.91 Å². The van der Waals surface area contributed by atoms with Crippen molar-refractivity contribution < 1.29 is 33.0 Å². The van der Waals surface area contributed by atoms with Gasteiger partial charge in [-0.2, -0.15) is 0 Å². The van der Waals surface area contributed by atoms with Crippen LogP contribution in [0.1, 0.15) is 21.5 Å². The standard InChI is InChI=1S/C25H20FN3O6/c1-34-21-11-16(14-29-24(32)23(31)28-25(29)33)10-17(12-21)22(30)27-13-15-2-6-19(7-3-15)35-20-8-4-18(26)5-9-20/h2-12H,13-14H2,1H3,(H,27,30)(H,28,31,33). The molecule has 0 spiro atoms. The number of nitrogens with one attached hydrogen (secondary N) is 2. The zero-order valence-corrected chi connectivity index (χ0v) is 18.5. The highest BCUT2D eigenvalue weighted by molar-refractivity contribution is 6.44. The predicted molar refractivity (Wildman–Crippen MR) is 121 cm³/mol. The second kappa shape index (κ2) is 10.0. The number of amides is 5. The minimum atomic E-state index is -0.995. The fourth-order valence-corrected chi connectivity index (χ4v) is 3.36. The van der Waals surface area contributed by atoms with Crippen molar-refractivity contribution in [2.45, 2.75) is 13.1 Å². The van der Waals surface area contributed by atoms with E-state index in [2.05, 4.69) is 5.32 Å². The number of urea groups is 1. The lowest BCUT2D eigenvalue weighted by molar-refractivity contribution is -0.140. The Bertz CT molecular complexity index is 1290. The Morgan fingerprint density at radius 2 is 1.57 bits per heavy atom. The summed E-state index contributed by atoms with van der Waals surface area (Å²) in [5.41, 5.74) is 1.51. The first kappa shape index (κ1) is 23.4. The van der Waals surface area contributed by atoms with E-state index in [4.69, 9.17) is 9.47 Å². The van der Waals surface area contributed by atoms with E-state index >= 15 is 0 Å². The van der Waals surface area contributed by atoms with E-state index in [0.29, 0.717) is 22.8 Å². The molecule has 1 saturated heterocycles. The monoisotopic (exact) mass is 477 g/mol. The Morgan fingerprint density at radius 1 is 0.914 bits per heavy atom. The zero-order valence-electron chi connectivity index (χ0n) is 18.5. The summed E-state index contributed by atoms with van der Waals surface area (Å²) in [6, 6.07) is 16.5. The third-order valence-corrected chi connectivity index (χ3v) is 5.14. The molecule has 4 rings (SSSR count). The zero-order chi connectivity index (χ0) is 24.9. The van der Waals surface area contributed by atoms with Crippen molar-refractivity contribution in [3.05, 3.63) is 89.2 Å². The van der Waals surface area contributed by atoms with Crippen molar-refractivity contribution in [3.63, 3.8) is 0 Å². The van der Waals surface area contributed by atoms with Gasteiger partial charge in [0.1, 0.15) is 23.1 Å². The van der Waals surface area contributed by atoms with Crippen LogP contribution in [0.25, 0.3) is 0 Å². The van der Waals surface area contributed by atoms with Gasteiger partial charge in [-0.15, -0.1) is 0 Å². The summed E-state index contributed by atoms with van der Waals surface area (Å²) < 4.78 is 23.9. The number of nitrogens with zero attached hydrogens (tertiary/aromatic N) is 1. The highest BCUT2D eigenvalue weighted by Gasteiger charge is 2.36. The topological polar surface area (TPSA) is 114 Å². The molecule has 1 heterocycles. The van der Waals surface area contributed by atoms with Crippen LogP contribution < -0.4 is 20.1 Å². The molecular weight excluding hydrogens is 457 g/mol. The SMILES string of the molecule is COc1cc(CN2C(=O)NC(=O)C2=O)cc(C(=O)NCc2ccc(Oc3ccc(F)cc3)cc2)c1. The molecule has 1 fully saturated rings. The molecule has 10 heteroatoms. The summed E-state index contributed by atoms with van der Waals surface area (Å²) in [5.74, 6) is -1.29. The molecule has 3 aromatic carbocycles. The van der Waals surface area contributed by atoms with Crippen molar-refractivity contribution in [1.29, 1.82) is 0 Å². The second-order valence-electron chi connectivity index (χ2n) is 7.60. The van der Waals surface area contributed by atoms with Crippen LogP contribution >= 0.6 is 0 Å². The molecule has 0 saturated carbocycles. The predicted octanol–water partition coefficient (Wildman–Crippen LogP) is 3.14. The highest BCUT2D eigenvalue weighted by atomic mass is 19.1. The van der Waals surface area contributed by atoms with Crippen molar-refractivity contribution in [3.8, 4) is 17.2 Å². The number of hydrogen-bond donors (Lipinski definition) is 2. The Balaban J connectivity index is 1.39. The van der Waals surface area contributed by atoms with E-state index < -0.39 is 23.8 Å². The summed E-state index contributed by atoms with van der Waals surface area (Å²) in [5, 5.41) is 4.72. The largest absolute Gasteiger partial charge is 0.497 e. The molecule has 0 bridgehead atoms. The summed E-state index contributed by atoms with van der Waals surface area (Å²) in [6.45, 7) is 0.0348. The van der Waals surface area contributed by atoms with Gasteiger partial charge in [0.2, 0.25) is 0 Å². The smallest absolute Gasteiger partial charge is 0.331 e. The van der Waals surface area contributed by atoms with E-state index in [0.717, 1.165) is 10.5 Å². The molecular formula is C25H20FN3O6. The molecule has 1 aliphatic heterocycles. The van der Waals surface area contributed by atoms with Crippen LogP contribution in [-0.4, -0.2) is 35.8 Å². The molecule has 2 N–H and O–H groups in total. The summed E-state index contributed by atoms with van der Waals surface area (Å²) in [7, 11) is 1.42. The quantitative estimate of drug-likeness (QED) is 0.381. The number of rotatable bonds is 8. The number of benzene rings is 3. The molecule has 35 heavy (non-hydrogen) atoms. The lowest BCUT2D eigenvalue weighted by Gasteiger charge is -2.14. The van der Waals surface area contributed by atoms with E-state index in [1.54, 1.807) is 30.3 Å². The van der Waals surface area contributed by atoms with Gasteiger partial charge in [-0.1, -0.05) is 12.1 Å². The van der Waals surface area contributed by atoms with Crippen LogP contribution in [0.15, 0.2) is 66.7 Å². The van der Waals surface area contributed by atoms with Crippen LogP contribution in [0.4, 0.5) is 9.18 Å². The van der Waals surface area contributed by atoms with Gasteiger partial charge in [0, 0.05) is 12.1 Å². The number of carbonyl (C=O) groups excluding carboxylic acids is 4. The average molecular weight is 477 g/mol. The molecule has 9 nitrogen and oxygen atoms in total. The molecule has 0 unspecified atom stereocenters. The lowest BCUT2D eigenvalue weighted by atomic mass is 10.1. The third-order valence-electron chi connectivity index (χ3n) is 5.14. The first-order valence-corrected chi connectivity index (χ1v) is 10.5. The van der Waals surface area contributed by atoms with E-state index in [9.17, 15) is 23.6 Å². The molecule has 178 valence electrons. The fraction of sp³-hybridized carbons (Fsp3) is 0.120. The summed E-state index contributed by atoms with van der Waals surface area (Å²) in [6.07, 6.45) is 0. The van der Waals surface area contributed by atoms with E-state index in [1.165, 1.54) is 43.5 Å². The fourth-order valence-electron chi connectivity index (χ4n) is 3.36. The van der Waals surface area contributed by atoms with E-state index in [-0.39, 0.29) is 24.5 Å². The Hall–Kier alpha value is -4.73. The van der Waals surface area contributed by atoms with Gasteiger partial charge in [-0.05, 0) is 65.7 Å². The number of ether oxygens (including phenoxy) is 2. The van der Waals surface area contributed by atoms with Crippen LogP contribution in [0, 0.1) is 5.82 Å². The molecule has 0 atom stereocenters. The van der Waals surface area contributed by atoms with Crippen LogP contribution in [0.5, 0.6) is 17.2 Å². The summed E-state index contributed by atoms with van der Waals surface area (Å²) >= 11 is 0. The minimum absolute atomic E-state index is 0.191. The second-order valence-corrected chi connectivity index (χ2v) is 7.60. The normalized spacial score (nSPS) is 13.0. The van der Waals surface area contributed by atoms with Gasteiger partial charge >= 0.3 is 17.8 Å². The lowest BCUT2D eigenvalue weighted by Crippen LogP contribution is -2.30. The molecule has 0 aliphatic carbocycles. The molecule has 0 radical (unpaired) electrons. The van der Waals surface area contributed by atoms with Crippen molar-refractivity contribution >= 4 is 23.8 Å². The average Bonchev–Trinajstić information content (AvgIpc) is 3.10. The summed E-state index contributed by atoms with van der Waals surface area (Å²) in [4.78, 5) is 48.6. The van der Waals surface area contributed by atoms with Gasteiger partial charge in [-0.3, -0.25) is 24.6 Å². The Kier molecular flexibility index (Phi) is 6.72. The Morgan fingerprint density at radius 3 is 2.17 bits per heavy atom. The van der Waals surface area contributed by atoms with Crippen molar-refractivity contribution in [2.24, 2.45) is 0 Å². The van der Waals surface area contributed by atoms with Gasteiger partial charge < -0.3 is 14.8 Å². The number of imide groups is 2. The van der Waals surface area contributed by atoms with Gasteiger partial charge in [-0.25, -0.2) is 9.18 Å². The van der Waals surface area contributed by atoms with Gasteiger partial charge in [0.15, 0.2) is 0 Å². The number of halogens is 1. The first-order valence-electron chi connectivity index (χ1n) is 10.5. The van der Waals surface area contributed by atoms with Crippen LogP contribution in [-0.2, 0) is 22.7 Å². The van der Waals surface area contributed by atoms with Crippen molar-refractivity contribution in [2.75, 3.05) is 7.11 Å². The maximum Gasteiger partial charge on any atom is 0.331 e. The number of methoxy groups -OCH3 is 1. The minimum Gasteiger partial charge on any atom is -0.497 e. The van der Waals surface area contributed by atoms with Crippen molar-refractivity contribution in [1.82, 2.24) is 15.5 Å². The maximum absolute atomic E-state index is 13.0. The maximum atomic E-state index is 13.0. The Labute approximate surface area is 199 Å². The highest BCUT2D eigenvalue weighted by Crippen LogP contribution is 2.22. The number of carbonyl (C=O) groups is 4. The molecule has 3 aromatic rings. The van der Waals surface area contributed by atoms with Gasteiger partial charge in [0.05, 0.1) is 13.7 Å². The van der Waals surface area contributed by atoms with Crippen LogP contribution in [0.3, 0.4) is 0 Å².